The summed E-state index contributed by atoms with van der Waals surface area (Å²) in [6.45, 7) is 3.68. The molecule has 0 spiro atoms. The zero-order chi connectivity index (χ0) is 16.4. The minimum Gasteiger partial charge on any atom is -0.480 e. The number of likely N-dealkylation sites (N-methyl/N-ethyl adjacent to an activating group) is 1. The summed E-state index contributed by atoms with van der Waals surface area (Å²) in [4.78, 5) is 37.5. The average Bonchev–Trinajstić information content (AvgIpc) is 2.38. The van der Waals surface area contributed by atoms with Crippen molar-refractivity contribution in [1.82, 2.24) is 15.1 Å². The van der Waals surface area contributed by atoms with Crippen LogP contribution in [0.5, 0.6) is 0 Å². The Bertz CT molecular complexity index is 360. The number of urea groups is 1. The highest BCUT2D eigenvalue weighted by Gasteiger charge is 2.23. The van der Waals surface area contributed by atoms with Crippen molar-refractivity contribution >= 4 is 17.9 Å². The Balaban J connectivity index is 4.58. The SMILES string of the molecule is CCCN(CCN(C)C)C(=O)NC(CCC(N)=O)C(=O)O. The van der Waals surface area contributed by atoms with Crippen LogP contribution in [-0.2, 0) is 9.59 Å². The fraction of sp³-hybridized carbons (Fsp3) is 0.769. The monoisotopic (exact) mass is 302 g/mol. The lowest BCUT2D eigenvalue weighted by molar-refractivity contribution is -0.139. The number of aliphatic carboxylic acids is 1. The van der Waals surface area contributed by atoms with Gasteiger partial charge in [0, 0.05) is 26.1 Å². The van der Waals surface area contributed by atoms with Gasteiger partial charge in [-0.3, -0.25) is 4.79 Å². The molecule has 0 aliphatic carbocycles. The molecule has 8 heteroatoms. The lowest BCUT2D eigenvalue weighted by atomic mass is 10.1. The van der Waals surface area contributed by atoms with Crippen LogP contribution < -0.4 is 11.1 Å². The van der Waals surface area contributed by atoms with Crippen LogP contribution in [0.2, 0.25) is 0 Å². The number of rotatable bonds is 10. The van der Waals surface area contributed by atoms with E-state index >= 15 is 0 Å². The molecule has 0 saturated heterocycles. The molecule has 0 aromatic rings. The van der Waals surface area contributed by atoms with Gasteiger partial charge in [0.2, 0.25) is 5.91 Å². The largest absolute Gasteiger partial charge is 0.480 e. The third-order valence-corrected chi connectivity index (χ3v) is 2.87. The van der Waals surface area contributed by atoms with Gasteiger partial charge in [-0.1, -0.05) is 6.92 Å². The minimum atomic E-state index is -1.17. The van der Waals surface area contributed by atoms with Crippen LogP contribution in [0.4, 0.5) is 4.79 Å². The van der Waals surface area contributed by atoms with Gasteiger partial charge < -0.3 is 26.0 Å². The van der Waals surface area contributed by atoms with Crippen molar-refractivity contribution in [3.8, 4) is 0 Å². The van der Waals surface area contributed by atoms with Gasteiger partial charge in [0.1, 0.15) is 6.04 Å². The van der Waals surface area contributed by atoms with Gasteiger partial charge in [-0.15, -0.1) is 0 Å². The van der Waals surface area contributed by atoms with Crippen LogP contribution in [0, 0.1) is 0 Å². The van der Waals surface area contributed by atoms with Crippen LogP contribution in [0.15, 0.2) is 0 Å². The number of hydrogen-bond donors (Lipinski definition) is 3. The standard InChI is InChI=1S/C13H26N4O4/c1-4-7-17(9-8-16(2)3)13(21)15-10(12(19)20)5-6-11(14)18/h10H,4-9H2,1-3H3,(H2,14,18)(H,15,21)(H,19,20). The molecule has 0 aliphatic heterocycles. The van der Waals surface area contributed by atoms with Gasteiger partial charge in [-0.25, -0.2) is 9.59 Å². The van der Waals surface area contributed by atoms with Gasteiger partial charge in [0.05, 0.1) is 0 Å². The zero-order valence-electron chi connectivity index (χ0n) is 13.0. The fourth-order valence-corrected chi connectivity index (χ4v) is 1.69. The number of amides is 3. The van der Waals surface area contributed by atoms with Gasteiger partial charge in [0.25, 0.3) is 0 Å². The summed E-state index contributed by atoms with van der Waals surface area (Å²) in [5, 5.41) is 11.5. The normalized spacial score (nSPS) is 12.0. The Morgan fingerprint density at radius 2 is 1.81 bits per heavy atom. The van der Waals surface area contributed by atoms with Crippen molar-refractivity contribution < 1.29 is 19.5 Å². The second-order valence-electron chi connectivity index (χ2n) is 5.14. The van der Waals surface area contributed by atoms with Gasteiger partial charge in [-0.2, -0.15) is 0 Å². The molecule has 1 atom stereocenters. The second kappa shape index (κ2) is 9.98. The van der Waals surface area contributed by atoms with E-state index in [1.807, 2.05) is 25.9 Å². The molecule has 4 N–H and O–H groups in total. The highest BCUT2D eigenvalue weighted by atomic mass is 16.4. The first kappa shape index (κ1) is 19.2. The van der Waals surface area contributed by atoms with Crippen LogP contribution in [0.25, 0.3) is 0 Å². The molecular formula is C13H26N4O4. The summed E-state index contributed by atoms with van der Waals surface area (Å²) in [6.07, 6.45) is 0.687. The molecule has 0 aromatic heterocycles. The third kappa shape index (κ3) is 8.85. The van der Waals surface area contributed by atoms with E-state index in [9.17, 15) is 14.4 Å². The molecule has 0 aliphatic rings. The van der Waals surface area contributed by atoms with Crippen molar-refractivity contribution in [3.05, 3.63) is 0 Å². The van der Waals surface area contributed by atoms with Crippen molar-refractivity contribution in [3.63, 3.8) is 0 Å². The molecule has 122 valence electrons. The number of nitrogens with one attached hydrogen (secondary N) is 1. The highest BCUT2D eigenvalue weighted by Crippen LogP contribution is 2.01. The first-order valence-corrected chi connectivity index (χ1v) is 6.99. The van der Waals surface area contributed by atoms with Gasteiger partial charge >= 0.3 is 12.0 Å². The molecule has 0 radical (unpaired) electrons. The third-order valence-electron chi connectivity index (χ3n) is 2.87. The van der Waals surface area contributed by atoms with E-state index in [1.165, 1.54) is 0 Å². The van der Waals surface area contributed by atoms with E-state index in [0.717, 1.165) is 6.42 Å². The molecule has 0 rings (SSSR count). The van der Waals surface area contributed by atoms with E-state index < -0.39 is 23.9 Å². The summed E-state index contributed by atoms with van der Waals surface area (Å²) in [6, 6.07) is -1.54. The summed E-state index contributed by atoms with van der Waals surface area (Å²) in [5.74, 6) is -1.76. The predicted octanol–water partition coefficient (Wildman–Crippen LogP) is -0.312. The van der Waals surface area contributed by atoms with Crippen molar-refractivity contribution in [2.75, 3.05) is 33.7 Å². The molecule has 0 bridgehead atoms. The van der Waals surface area contributed by atoms with Crippen molar-refractivity contribution in [1.29, 1.82) is 0 Å². The van der Waals surface area contributed by atoms with Crippen molar-refractivity contribution in [2.45, 2.75) is 32.2 Å². The molecule has 0 aromatic carbocycles. The summed E-state index contributed by atoms with van der Waals surface area (Å²) >= 11 is 0. The molecule has 21 heavy (non-hydrogen) atoms. The summed E-state index contributed by atoms with van der Waals surface area (Å²) in [5.41, 5.74) is 5.00. The van der Waals surface area contributed by atoms with Crippen LogP contribution >= 0.6 is 0 Å². The van der Waals surface area contributed by atoms with E-state index in [-0.39, 0.29) is 12.8 Å². The summed E-state index contributed by atoms with van der Waals surface area (Å²) < 4.78 is 0. The van der Waals surface area contributed by atoms with E-state index in [4.69, 9.17) is 10.8 Å². The van der Waals surface area contributed by atoms with Gasteiger partial charge in [0.15, 0.2) is 0 Å². The number of carboxylic acids is 1. The Hall–Kier alpha value is -1.83. The van der Waals surface area contributed by atoms with Crippen LogP contribution in [0.1, 0.15) is 26.2 Å². The number of carboxylic acid groups (broad SMARTS) is 1. The predicted molar refractivity (Wildman–Crippen MR) is 78.8 cm³/mol. The smallest absolute Gasteiger partial charge is 0.326 e. The molecule has 3 amide bonds. The minimum absolute atomic E-state index is 0.00987. The maximum Gasteiger partial charge on any atom is 0.326 e. The van der Waals surface area contributed by atoms with Gasteiger partial charge in [-0.05, 0) is 26.9 Å². The molecule has 0 saturated carbocycles. The second-order valence-corrected chi connectivity index (χ2v) is 5.14. The van der Waals surface area contributed by atoms with E-state index in [0.29, 0.717) is 19.6 Å². The number of hydrogen-bond acceptors (Lipinski definition) is 4. The number of nitrogens with zero attached hydrogens (tertiary/aromatic N) is 2. The maximum absolute atomic E-state index is 12.1. The van der Waals surface area contributed by atoms with Crippen LogP contribution in [0.3, 0.4) is 0 Å². The molecular weight excluding hydrogens is 276 g/mol. The number of primary amides is 1. The maximum atomic E-state index is 12.1. The number of nitrogens with two attached hydrogens (primary N) is 1. The van der Waals surface area contributed by atoms with Crippen LogP contribution in [-0.4, -0.2) is 72.6 Å². The topological polar surface area (TPSA) is 116 Å². The molecule has 8 nitrogen and oxygen atoms in total. The number of carbonyl (C=O) groups excluding carboxylic acids is 2. The highest BCUT2D eigenvalue weighted by molar-refractivity contribution is 5.83. The lowest BCUT2D eigenvalue weighted by Crippen LogP contribution is -2.49. The van der Waals surface area contributed by atoms with Crippen molar-refractivity contribution in [2.24, 2.45) is 5.73 Å². The first-order valence-electron chi connectivity index (χ1n) is 6.99. The lowest BCUT2D eigenvalue weighted by Gasteiger charge is -2.26. The first-order chi connectivity index (χ1) is 9.77. The zero-order valence-corrected chi connectivity index (χ0v) is 13.0. The quantitative estimate of drug-likeness (QED) is 0.512. The Morgan fingerprint density at radius 3 is 2.24 bits per heavy atom. The Morgan fingerprint density at radius 1 is 1.19 bits per heavy atom. The number of carbonyl (C=O) groups is 3. The Labute approximate surface area is 125 Å². The van der Waals surface area contributed by atoms with E-state index in [1.54, 1.807) is 4.90 Å². The summed E-state index contributed by atoms with van der Waals surface area (Å²) in [7, 11) is 3.80. The fourth-order valence-electron chi connectivity index (χ4n) is 1.69. The Kier molecular flexibility index (Phi) is 9.11. The average molecular weight is 302 g/mol. The van der Waals surface area contributed by atoms with E-state index in [2.05, 4.69) is 5.32 Å². The molecule has 1 unspecified atom stereocenters. The molecule has 0 fully saturated rings. The molecule has 0 heterocycles.